The number of aromatic nitrogens is 3. The largest absolute Gasteiger partial charge is 0.363 e. The van der Waals surface area contributed by atoms with Gasteiger partial charge in [-0.05, 0) is 61.1 Å². The van der Waals surface area contributed by atoms with Gasteiger partial charge < -0.3 is 15.5 Å². The second kappa shape index (κ2) is 9.83. The van der Waals surface area contributed by atoms with E-state index in [0.29, 0.717) is 18.0 Å². The third-order valence-electron chi connectivity index (χ3n) is 5.73. The van der Waals surface area contributed by atoms with E-state index in [1.54, 1.807) is 18.3 Å². The van der Waals surface area contributed by atoms with Gasteiger partial charge in [0.1, 0.15) is 11.6 Å². The summed E-state index contributed by atoms with van der Waals surface area (Å²) in [6, 6.07) is 11.5. The summed E-state index contributed by atoms with van der Waals surface area (Å²) in [6.07, 6.45) is 9.89. The molecular formula is C24H29FN6. The van der Waals surface area contributed by atoms with Crippen LogP contribution in [-0.2, 0) is 6.54 Å². The highest BCUT2D eigenvalue weighted by molar-refractivity contribution is 5.62. The van der Waals surface area contributed by atoms with E-state index in [4.69, 9.17) is 0 Å². The van der Waals surface area contributed by atoms with E-state index < -0.39 is 0 Å². The number of pyridine rings is 1. The molecular weight excluding hydrogens is 391 g/mol. The van der Waals surface area contributed by atoms with Crippen LogP contribution in [0.25, 0.3) is 11.1 Å². The van der Waals surface area contributed by atoms with Gasteiger partial charge in [0, 0.05) is 56.9 Å². The molecule has 0 atom stereocenters. The number of benzene rings is 1. The Labute approximate surface area is 183 Å². The first kappa shape index (κ1) is 21.2. The minimum Gasteiger partial charge on any atom is -0.363 e. The molecule has 0 aliphatic heterocycles. The van der Waals surface area contributed by atoms with Gasteiger partial charge >= 0.3 is 0 Å². The summed E-state index contributed by atoms with van der Waals surface area (Å²) in [5, 5.41) is 7.16. The van der Waals surface area contributed by atoms with Crippen molar-refractivity contribution in [1.82, 2.24) is 20.3 Å². The third-order valence-corrected chi connectivity index (χ3v) is 5.73. The van der Waals surface area contributed by atoms with Gasteiger partial charge in [-0.1, -0.05) is 12.1 Å². The molecule has 2 heterocycles. The van der Waals surface area contributed by atoms with Crippen LogP contribution in [0.15, 0.2) is 55.0 Å². The Hall–Kier alpha value is -3.06. The fraction of sp³-hybridized carbons (Fsp3) is 0.375. The molecule has 1 aromatic carbocycles. The van der Waals surface area contributed by atoms with Crippen molar-refractivity contribution in [3.63, 3.8) is 0 Å². The molecule has 1 aliphatic carbocycles. The van der Waals surface area contributed by atoms with E-state index in [2.05, 4.69) is 31.7 Å². The minimum absolute atomic E-state index is 0.225. The highest BCUT2D eigenvalue weighted by atomic mass is 19.1. The van der Waals surface area contributed by atoms with Crippen LogP contribution in [0, 0.1) is 5.82 Å². The lowest BCUT2D eigenvalue weighted by molar-refractivity contribution is 0.352. The highest BCUT2D eigenvalue weighted by Gasteiger charge is 2.21. The zero-order valence-corrected chi connectivity index (χ0v) is 18.1. The Morgan fingerprint density at radius 1 is 0.968 bits per heavy atom. The molecule has 0 radical (unpaired) electrons. The molecule has 3 aromatic rings. The van der Waals surface area contributed by atoms with Gasteiger partial charge in [-0.3, -0.25) is 4.98 Å². The summed E-state index contributed by atoms with van der Waals surface area (Å²) in [5.74, 6) is 1.38. The summed E-state index contributed by atoms with van der Waals surface area (Å²) in [6.45, 7) is 0.777. The smallest absolute Gasteiger partial charge is 0.224 e. The van der Waals surface area contributed by atoms with Crippen molar-refractivity contribution < 1.29 is 4.39 Å². The quantitative estimate of drug-likeness (QED) is 0.596. The standard InChI is InChI=1S/C24H29FN6/c1-31(2)23-11-12-27-24(30-23)29-22-9-7-21(8-10-22)28-15-17-13-19(16-26-14-17)18-3-5-20(25)6-4-18/h3-6,11-14,16,21-22,28H,7-10,15H2,1-2H3,(H,27,29,30). The summed E-state index contributed by atoms with van der Waals surface area (Å²) >= 11 is 0. The number of nitrogens with one attached hydrogen (secondary N) is 2. The van der Waals surface area contributed by atoms with Crippen molar-refractivity contribution in [2.24, 2.45) is 0 Å². The molecule has 31 heavy (non-hydrogen) atoms. The van der Waals surface area contributed by atoms with E-state index in [-0.39, 0.29) is 5.82 Å². The SMILES string of the molecule is CN(C)c1ccnc(NC2CCC(NCc3cncc(-c4ccc(F)cc4)c3)CC2)n1. The third kappa shape index (κ3) is 5.76. The summed E-state index contributed by atoms with van der Waals surface area (Å²) in [4.78, 5) is 15.3. The average Bonchev–Trinajstić information content (AvgIpc) is 2.79. The molecule has 0 amide bonds. The number of nitrogens with zero attached hydrogens (tertiary/aromatic N) is 4. The van der Waals surface area contributed by atoms with Gasteiger partial charge in [0.05, 0.1) is 0 Å². The first-order valence-electron chi connectivity index (χ1n) is 10.8. The molecule has 0 unspecified atom stereocenters. The molecule has 2 N–H and O–H groups in total. The van der Waals surface area contributed by atoms with Crippen molar-refractivity contribution in [3.05, 3.63) is 66.4 Å². The van der Waals surface area contributed by atoms with E-state index in [1.165, 1.54) is 12.1 Å². The average molecular weight is 421 g/mol. The van der Waals surface area contributed by atoms with Crippen molar-refractivity contribution in [1.29, 1.82) is 0 Å². The fourth-order valence-corrected chi connectivity index (χ4v) is 3.94. The van der Waals surface area contributed by atoms with Crippen LogP contribution < -0.4 is 15.5 Å². The van der Waals surface area contributed by atoms with Gasteiger partial charge in [0.15, 0.2) is 0 Å². The number of rotatable bonds is 7. The molecule has 2 aromatic heterocycles. The first-order valence-corrected chi connectivity index (χ1v) is 10.8. The molecule has 1 saturated carbocycles. The van der Waals surface area contributed by atoms with Gasteiger partial charge in [-0.15, -0.1) is 0 Å². The molecule has 0 bridgehead atoms. The van der Waals surface area contributed by atoms with E-state index in [9.17, 15) is 4.39 Å². The van der Waals surface area contributed by atoms with Gasteiger partial charge in [-0.25, -0.2) is 9.37 Å². The molecule has 0 saturated heterocycles. The van der Waals surface area contributed by atoms with E-state index in [0.717, 1.165) is 54.7 Å². The van der Waals surface area contributed by atoms with Gasteiger partial charge in [0.25, 0.3) is 0 Å². The van der Waals surface area contributed by atoms with Crippen LogP contribution in [-0.4, -0.2) is 41.1 Å². The Kier molecular flexibility index (Phi) is 6.72. The Balaban J connectivity index is 1.26. The molecule has 1 fully saturated rings. The fourth-order valence-electron chi connectivity index (χ4n) is 3.94. The van der Waals surface area contributed by atoms with Gasteiger partial charge in [-0.2, -0.15) is 4.98 Å². The number of hydrogen-bond donors (Lipinski definition) is 2. The second-order valence-corrected chi connectivity index (χ2v) is 8.30. The van der Waals surface area contributed by atoms with Crippen LogP contribution >= 0.6 is 0 Å². The van der Waals surface area contributed by atoms with Crippen molar-refractivity contribution in [3.8, 4) is 11.1 Å². The summed E-state index contributed by atoms with van der Waals surface area (Å²) in [7, 11) is 3.96. The molecule has 1 aliphatic rings. The molecule has 7 heteroatoms. The topological polar surface area (TPSA) is 66.0 Å². The lowest BCUT2D eigenvalue weighted by atomic mass is 9.91. The zero-order chi connectivity index (χ0) is 21.6. The van der Waals surface area contributed by atoms with Crippen LogP contribution in [0.5, 0.6) is 0 Å². The van der Waals surface area contributed by atoms with Crippen LogP contribution in [0.1, 0.15) is 31.2 Å². The van der Waals surface area contributed by atoms with Crippen molar-refractivity contribution in [2.75, 3.05) is 24.3 Å². The van der Waals surface area contributed by atoms with Gasteiger partial charge in [0.2, 0.25) is 5.95 Å². The van der Waals surface area contributed by atoms with Crippen molar-refractivity contribution in [2.45, 2.75) is 44.3 Å². The minimum atomic E-state index is -0.225. The predicted molar refractivity (Wildman–Crippen MR) is 122 cm³/mol. The Bertz CT molecular complexity index is 983. The Morgan fingerprint density at radius 3 is 2.45 bits per heavy atom. The van der Waals surface area contributed by atoms with E-state index in [1.807, 2.05) is 37.5 Å². The summed E-state index contributed by atoms with van der Waals surface area (Å²) in [5.41, 5.74) is 3.12. The van der Waals surface area contributed by atoms with Crippen LogP contribution in [0.4, 0.5) is 16.2 Å². The maximum absolute atomic E-state index is 13.2. The molecule has 4 rings (SSSR count). The number of halogens is 1. The molecule has 6 nitrogen and oxygen atoms in total. The lowest BCUT2D eigenvalue weighted by Crippen LogP contribution is -2.37. The predicted octanol–water partition coefficient (Wildman–Crippen LogP) is 4.26. The van der Waals surface area contributed by atoms with Crippen LogP contribution in [0.2, 0.25) is 0 Å². The normalized spacial score (nSPS) is 18.5. The zero-order valence-electron chi connectivity index (χ0n) is 18.1. The highest BCUT2D eigenvalue weighted by Crippen LogP contribution is 2.23. The second-order valence-electron chi connectivity index (χ2n) is 8.30. The maximum Gasteiger partial charge on any atom is 0.224 e. The first-order chi connectivity index (χ1) is 15.1. The molecule has 0 spiro atoms. The lowest BCUT2D eigenvalue weighted by Gasteiger charge is -2.30. The number of hydrogen-bond acceptors (Lipinski definition) is 6. The maximum atomic E-state index is 13.2. The Morgan fingerprint density at radius 2 is 1.71 bits per heavy atom. The monoisotopic (exact) mass is 420 g/mol. The molecule has 162 valence electrons. The van der Waals surface area contributed by atoms with Crippen molar-refractivity contribution >= 4 is 11.8 Å². The summed E-state index contributed by atoms with van der Waals surface area (Å²) < 4.78 is 13.2. The number of anilines is 2. The van der Waals surface area contributed by atoms with Crippen LogP contribution in [0.3, 0.4) is 0 Å². The van der Waals surface area contributed by atoms with E-state index >= 15 is 0 Å².